The van der Waals surface area contributed by atoms with Crippen molar-refractivity contribution in [3.8, 4) is 0 Å². The molecule has 84 valence electrons. The number of aliphatic hydroxyl groups excluding tert-OH is 2. The predicted octanol–water partition coefficient (Wildman–Crippen LogP) is 1.87. The van der Waals surface area contributed by atoms with E-state index in [0.717, 1.165) is 10.9 Å². The van der Waals surface area contributed by atoms with Crippen LogP contribution in [-0.2, 0) is 0 Å². The fraction of sp³-hybridized carbons (Fsp3) is 0.250. The molecule has 0 aliphatic rings. The molecule has 3 nitrogen and oxygen atoms in total. The van der Waals surface area contributed by atoms with Crippen LogP contribution in [0.2, 0.25) is 0 Å². The summed E-state index contributed by atoms with van der Waals surface area (Å²) in [6.07, 6.45) is -0.333. The van der Waals surface area contributed by atoms with Crippen LogP contribution in [0.15, 0.2) is 36.5 Å². The normalized spacial score (nSPS) is 14.9. The van der Waals surface area contributed by atoms with Gasteiger partial charge in [-0.3, -0.25) is 4.98 Å². The Kier molecular flexibility index (Phi) is 3.39. The molecule has 0 radical (unpaired) electrons. The quantitative estimate of drug-likeness (QED) is 0.802. The lowest BCUT2D eigenvalue weighted by Gasteiger charge is -2.17. The highest BCUT2D eigenvalue weighted by molar-refractivity contribution is 6.18. The lowest BCUT2D eigenvalue weighted by atomic mass is 10.0. The molecule has 1 aromatic heterocycles. The Labute approximate surface area is 98.3 Å². The summed E-state index contributed by atoms with van der Waals surface area (Å²) in [5, 5.41) is 20.3. The molecule has 2 aromatic rings. The summed E-state index contributed by atoms with van der Waals surface area (Å²) in [6, 6.07) is 9.17. The molecule has 0 aliphatic carbocycles. The van der Waals surface area contributed by atoms with E-state index in [-0.39, 0.29) is 5.88 Å². The smallest absolute Gasteiger partial charge is 0.107 e. The van der Waals surface area contributed by atoms with Gasteiger partial charge in [-0.15, -0.1) is 11.6 Å². The summed E-state index contributed by atoms with van der Waals surface area (Å²) in [7, 11) is 0. The van der Waals surface area contributed by atoms with E-state index < -0.39 is 12.2 Å². The summed E-state index contributed by atoms with van der Waals surface area (Å²) in [5.41, 5.74) is 1.44. The number of hydrogen-bond donors (Lipinski definition) is 2. The average Bonchev–Trinajstić information content (AvgIpc) is 2.36. The molecular formula is C12H12ClNO2. The molecule has 2 atom stereocenters. The Balaban J connectivity index is 2.52. The van der Waals surface area contributed by atoms with Crippen LogP contribution in [-0.4, -0.2) is 27.2 Å². The number of halogens is 1. The molecule has 16 heavy (non-hydrogen) atoms. The van der Waals surface area contributed by atoms with Crippen LogP contribution < -0.4 is 0 Å². The zero-order valence-electron chi connectivity index (χ0n) is 8.55. The van der Waals surface area contributed by atoms with Gasteiger partial charge in [0, 0.05) is 11.6 Å². The van der Waals surface area contributed by atoms with Crippen LogP contribution in [0.3, 0.4) is 0 Å². The number of fused-ring (bicyclic) bond motifs is 1. The molecule has 2 rings (SSSR count). The lowest BCUT2D eigenvalue weighted by molar-refractivity contribution is 0.0336. The van der Waals surface area contributed by atoms with E-state index in [2.05, 4.69) is 4.98 Å². The molecule has 1 aromatic carbocycles. The minimum atomic E-state index is -0.981. The van der Waals surface area contributed by atoms with Crippen molar-refractivity contribution >= 4 is 22.5 Å². The molecule has 0 aliphatic heterocycles. The minimum Gasteiger partial charge on any atom is -0.389 e. The predicted molar refractivity (Wildman–Crippen MR) is 63.4 cm³/mol. The number of benzene rings is 1. The fourth-order valence-corrected chi connectivity index (χ4v) is 1.84. The summed E-state index contributed by atoms with van der Waals surface area (Å²) < 4.78 is 0. The molecule has 0 fully saturated rings. The highest BCUT2D eigenvalue weighted by atomic mass is 35.5. The standard InChI is InChI=1S/C12H12ClNO2/c13-7-11(15)12(16)9-5-6-14-10-4-2-1-3-8(9)10/h1-6,11-12,15-16H,7H2. The minimum absolute atomic E-state index is 0.00217. The van der Waals surface area contributed by atoms with Crippen LogP contribution in [0.4, 0.5) is 0 Å². The van der Waals surface area contributed by atoms with Gasteiger partial charge in [0.1, 0.15) is 6.10 Å². The van der Waals surface area contributed by atoms with Gasteiger partial charge in [-0.2, -0.15) is 0 Å². The molecular weight excluding hydrogens is 226 g/mol. The van der Waals surface area contributed by atoms with Crippen molar-refractivity contribution in [3.63, 3.8) is 0 Å². The van der Waals surface area contributed by atoms with E-state index >= 15 is 0 Å². The van der Waals surface area contributed by atoms with Gasteiger partial charge in [-0.25, -0.2) is 0 Å². The van der Waals surface area contributed by atoms with Crippen LogP contribution in [0.5, 0.6) is 0 Å². The van der Waals surface area contributed by atoms with Crippen molar-refractivity contribution in [3.05, 3.63) is 42.1 Å². The average molecular weight is 238 g/mol. The van der Waals surface area contributed by atoms with E-state index in [4.69, 9.17) is 11.6 Å². The molecule has 2 N–H and O–H groups in total. The summed E-state index contributed by atoms with van der Waals surface area (Å²) in [4.78, 5) is 4.18. The number of para-hydroxylation sites is 1. The second-order valence-corrected chi connectivity index (χ2v) is 3.89. The Morgan fingerprint density at radius 2 is 1.94 bits per heavy atom. The van der Waals surface area contributed by atoms with E-state index in [1.807, 2.05) is 24.3 Å². The van der Waals surface area contributed by atoms with E-state index in [0.29, 0.717) is 5.56 Å². The number of rotatable bonds is 3. The fourth-order valence-electron chi connectivity index (χ4n) is 1.67. The SMILES string of the molecule is OC(CCl)C(O)c1ccnc2ccccc12. The monoisotopic (exact) mass is 237 g/mol. The summed E-state index contributed by atoms with van der Waals surface area (Å²) in [5.74, 6) is -0.00217. The molecule has 0 spiro atoms. The van der Waals surface area contributed by atoms with Crippen molar-refractivity contribution in [2.24, 2.45) is 0 Å². The largest absolute Gasteiger partial charge is 0.389 e. The molecule has 1 heterocycles. The third kappa shape index (κ3) is 2.02. The van der Waals surface area contributed by atoms with Gasteiger partial charge in [0.15, 0.2) is 0 Å². The van der Waals surface area contributed by atoms with Gasteiger partial charge < -0.3 is 10.2 Å². The molecule has 0 amide bonds. The summed E-state index contributed by atoms with van der Waals surface area (Å²) in [6.45, 7) is 0. The number of pyridine rings is 1. The number of nitrogens with zero attached hydrogens (tertiary/aromatic N) is 1. The number of hydrogen-bond acceptors (Lipinski definition) is 3. The van der Waals surface area contributed by atoms with Gasteiger partial charge in [-0.05, 0) is 17.7 Å². The van der Waals surface area contributed by atoms with Gasteiger partial charge in [0.25, 0.3) is 0 Å². The maximum absolute atomic E-state index is 9.92. The van der Waals surface area contributed by atoms with Crippen LogP contribution >= 0.6 is 11.6 Å². The number of aromatic nitrogens is 1. The Bertz CT molecular complexity index is 484. The lowest BCUT2D eigenvalue weighted by Crippen LogP contribution is -2.19. The van der Waals surface area contributed by atoms with Crippen molar-refractivity contribution < 1.29 is 10.2 Å². The zero-order chi connectivity index (χ0) is 11.5. The topological polar surface area (TPSA) is 53.4 Å². The van der Waals surface area contributed by atoms with Gasteiger partial charge in [0.2, 0.25) is 0 Å². The van der Waals surface area contributed by atoms with Crippen molar-refractivity contribution in [1.82, 2.24) is 4.98 Å². The first-order valence-corrected chi connectivity index (χ1v) is 5.53. The maximum Gasteiger partial charge on any atom is 0.107 e. The van der Waals surface area contributed by atoms with Crippen LogP contribution in [0.1, 0.15) is 11.7 Å². The molecule has 0 saturated heterocycles. The Morgan fingerprint density at radius 1 is 1.19 bits per heavy atom. The first-order valence-electron chi connectivity index (χ1n) is 5.00. The third-order valence-electron chi connectivity index (χ3n) is 2.52. The summed E-state index contributed by atoms with van der Waals surface area (Å²) >= 11 is 5.52. The van der Waals surface area contributed by atoms with Crippen LogP contribution in [0.25, 0.3) is 10.9 Å². The Hall–Kier alpha value is -1.16. The second-order valence-electron chi connectivity index (χ2n) is 3.58. The number of alkyl halides is 1. The highest BCUT2D eigenvalue weighted by Crippen LogP contribution is 2.25. The van der Waals surface area contributed by atoms with Crippen molar-refractivity contribution in [1.29, 1.82) is 0 Å². The number of aliphatic hydroxyl groups is 2. The van der Waals surface area contributed by atoms with Crippen LogP contribution in [0, 0.1) is 0 Å². The first-order chi connectivity index (χ1) is 7.74. The van der Waals surface area contributed by atoms with Gasteiger partial charge in [0.05, 0.1) is 17.5 Å². The van der Waals surface area contributed by atoms with E-state index in [1.54, 1.807) is 12.3 Å². The van der Waals surface area contributed by atoms with Gasteiger partial charge in [-0.1, -0.05) is 18.2 Å². The molecule has 4 heteroatoms. The molecule has 2 unspecified atom stereocenters. The first kappa shape index (κ1) is 11.3. The van der Waals surface area contributed by atoms with E-state index in [1.165, 1.54) is 0 Å². The third-order valence-corrected chi connectivity index (χ3v) is 2.84. The highest BCUT2D eigenvalue weighted by Gasteiger charge is 2.19. The Morgan fingerprint density at radius 3 is 2.69 bits per heavy atom. The van der Waals surface area contributed by atoms with E-state index in [9.17, 15) is 10.2 Å². The maximum atomic E-state index is 9.92. The van der Waals surface area contributed by atoms with Crippen molar-refractivity contribution in [2.75, 3.05) is 5.88 Å². The van der Waals surface area contributed by atoms with Crippen molar-refractivity contribution in [2.45, 2.75) is 12.2 Å². The molecule has 0 saturated carbocycles. The second kappa shape index (κ2) is 4.78. The molecule has 0 bridgehead atoms. The zero-order valence-corrected chi connectivity index (χ0v) is 9.30. The van der Waals surface area contributed by atoms with Gasteiger partial charge >= 0.3 is 0 Å².